The molecular weight excluding hydrogens is 354 g/mol. The zero-order valence-electron chi connectivity index (χ0n) is 14.6. The SMILES string of the molecule is Cc1ncsc1-c1ccc(C(C)NC(=O)[C@@H]2C[C@@H](OC(=O)O)CN2)cc1. The van der Waals surface area contributed by atoms with Crippen LogP contribution < -0.4 is 10.6 Å². The largest absolute Gasteiger partial charge is 0.506 e. The molecule has 1 saturated heterocycles. The molecular formula is C18H21N3O4S. The molecule has 1 amide bonds. The Labute approximate surface area is 155 Å². The van der Waals surface area contributed by atoms with E-state index in [4.69, 9.17) is 9.84 Å². The fourth-order valence-electron chi connectivity index (χ4n) is 3.03. The molecule has 1 aliphatic heterocycles. The molecule has 2 aromatic rings. The highest BCUT2D eigenvalue weighted by Gasteiger charge is 2.32. The van der Waals surface area contributed by atoms with Gasteiger partial charge in [-0.05, 0) is 25.0 Å². The van der Waals surface area contributed by atoms with Crippen LogP contribution in [0.3, 0.4) is 0 Å². The first kappa shape index (κ1) is 18.3. The van der Waals surface area contributed by atoms with Gasteiger partial charge in [0.15, 0.2) is 0 Å². The Morgan fingerprint density at radius 1 is 1.38 bits per heavy atom. The number of rotatable bonds is 5. The van der Waals surface area contributed by atoms with Gasteiger partial charge in [0.2, 0.25) is 5.91 Å². The molecule has 0 saturated carbocycles. The predicted octanol–water partition coefficient (Wildman–Crippen LogP) is 2.72. The quantitative estimate of drug-likeness (QED) is 0.695. The molecule has 1 aliphatic rings. The minimum absolute atomic E-state index is 0.152. The van der Waals surface area contributed by atoms with Gasteiger partial charge in [-0.2, -0.15) is 0 Å². The third-order valence-corrected chi connectivity index (χ3v) is 5.43. The first-order valence-electron chi connectivity index (χ1n) is 8.38. The summed E-state index contributed by atoms with van der Waals surface area (Å²) >= 11 is 1.61. The number of carboxylic acid groups (broad SMARTS) is 1. The van der Waals surface area contributed by atoms with Gasteiger partial charge in [0.05, 0.1) is 28.2 Å². The van der Waals surface area contributed by atoms with E-state index in [0.29, 0.717) is 13.0 Å². The average molecular weight is 375 g/mol. The normalized spacial score (nSPS) is 20.5. The molecule has 8 heteroatoms. The maximum absolute atomic E-state index is 12.4. The van der Waals surface area contributed by atoms with Crippen molar-refractivity contribution in [1.29, 1.82) is 0 Å². The number of nitrogens with zero attached hydrogens (tertiary/aromatic N) is 1. The molecule has 1 unspecified atom stereocenters. The second-order valence-corrected chi connectivity index (χ2v) is 7.18. The number of thiazole rings is 1. The molecule has 1 aromatic carbocycles. The number of aromatic nitrogens is 1. The Balaban J connectivity index is 1.58. The van der Waals surface area contributed by atoms with Crippen molar-refractivity contribution in [3.8, 4) is 10.4 Å². The van der Waals surface area contributed by atoms with Gasteiger partial charge in [-0.1, -0.05) is 24.3 Å². The maximum atomic E-state index is 12.4. The summed E-state index contributed by atoms with van der Waals surface area (Å²) in [5, 5.41) is 14.6. The number of amides is 1. The van der Waals surface area contributed by atoms with Gasteiger partial charge in [-0.25, -0.2) is 9.78 Å². The number of aryl methyl sites for hydroxylation is 1. The van der Waals surface area contributed by atoms with Crippen LogP contribution in [0.2, 0.25) is 0 Å². The Morgan fingerprint density at radius 2 is 2.12 bits per heavy atom. The van der Waals surface area contributed by atoms with E-state index in [9.17, 15) is 9.59 Å². The molecule has 1 fully saturated rings. The van der Waals surface area contributed by atoms with Crippen molar-refractivity contribution in [3.05, 3.63) is 41.0 Å². The Bertz CT molecular complexity index is 790. The lowest BCUT2D eigenvalue weighted by Gasteiger charge is -2.18. The highest BCUT2D eigenvalue weighted by atomic mass is 32.1. The van der Waals surface area contributed by atoms with Crippen LogP contribution in [0.25, 0.3) is 10.4 Å². The number of ether oxygens (including phenoxy) is 1. The molecule has 0 radical (unpaired) electrons. The summed E-state index contributed by atoms with van der Waals surface area (Å²) in [4.78, 5) is 28.4. The molecule has 7 nitrogen and oxygen atoms in total. The Kier molecular flexibility index (Phi) is 5.53. The highest BCUT2D eigenvalue weighted by molar-refractivity contribution is 7.13. The molecule has 0 aliphatic carbocycles. The molecule has 0 spiro atoms. The van der Waals surface area contributed by atoms with Gasteiger partial charge in [-0.15, -0.1) is 11.3 Å². The first-order chi connectivity index (χ1) is 12.4. The lowest BCUT2D eigenvalue weighted by molar-refractivity contribution is -0.123. The van der Waals surface area contributed by atoms with E-state index in [0.717, 1.165) is 21.7 Å². The number of hydrogen-bond donors (Lipinski definition) is 3. The molecule has 1 aromatic heterocycles. The van der Waals surface area contributed by atoms with E-state index in [1.165, 1.54) is 0 Å². The van der Waals surface area contributed by atoms with Gasteiger partial charge < -0.3 is 20.5 Å². The molecule has 138 valence electrons. The van der Waals surface area contributed by atoms with Crippen LogP contribution in [0, 0.1) is 6.92 Å². The number of benzene rings is 1. The molecule has 26 heavy (non-hydrogen) atoms. The third-order valence-electron chi connectivity index (χ3n) is 4.45. The highest BCUT2D eigenvalue weighted by Crippen LogP contribution is 2.28. The van der Waals surface area contributed by atoms with Crippen LogP contribution in [-0.2, 0) is 9.53 Å². The third kappa shape index (κ3) is 4.20. The van der Waals surface area contributed by atoms with Crippen molar-refractivity contribution in [2.45, 2.75) is 38.5 Å². The van der Waals surface area contributed by atoms with Gasteiger partial charge in [0.1, 0.15) is 6.10 Å². The summed E-state index contributed by atoms with van der Waals surface area (Å²) in [5.74, 6) is -0.156. The van der Waals surface area contributed by atoms with E-state index in [2.05, 4.69) is 15.6 Å². The fourth-order valence-corrected chi connectivity index (χ4v) is 3.85. The lowest BCUT2D eigenvalue weighted by Crippen LogP contribution is -2.41. The fraction of sp³-hybridized carbons (Fsp3) is 0.389. The van der Waals surface area contributed by atoms with Gasteiger partial charge in [-0.3, -0.25) is 4.79 Å². The maximum Gasteiger partial charge on any atom is 0.506 e. The van der Waals surface area contributed by atoms with Crippen molar-refractivity contribution in [3.63, 3.8) is 0 Å². The van der Waals surface area contributed by atoms with Gasteiger partial charge >= 0.3 is 6.16 Å². The second-order valence-electron chi connectivity index (χ2n) is 6.32. The van der Waals surface area contributed by atoms with E-state index in [1.54, 1.807) is 11.3 Å². The summed E-state index contributed by atoms with van der Waals surface area (Å²) in [6, 6.07) is 7.46. The van der Waals surface area contributed by atoms with Crippen LogP contribution >= 0.6 is 11.3 Å². The van der Waals surface area contributed by atoms with Crippen molar-refractivity contribution in [1.82, 2.24) is 15.6 Å². The zero-order valence-corrected chi connectivity index (χ0v) is 15.4. The summed E-state index contributed by atoms with van der Waals surface area (Å²) in [7, 11) is 0. The van der Waals surface area contributed by atoms with Crippen LogP contribution in [0.1, 0.15) is 30.6 Å². The standard InChI is InChI=1S/C18H21N3O4S/c1-10(21-17(22)15-7-14(8-19-15)25-18(23)24)12-3-5-13(6-4-12)16-11(2)20-9-26-16/h3-6,9-10,14-15,19H,7-8H2,1-2H3,(H,21,22)(H,23,24)/t10?,14-,15+/m1/s1. The average Bonchev–Trinajstić information content (AvgIpc) is 3.23. The van der Waals surface area contributed by atoms with Crippen molar-refractivity contribution in [2.75, 3.05) is 6.54 Å². The topological polar surface area (TPSA) is 101 Å². The van der Waals surface area contributed by atoms with Crippen LogP contribution in [0.4, 0.5) is 4.79 Å². The van der Waals surface area contributed by atoms with E-state index < -0.39 is 18.3 Å². The van der Waals surface area contributed by atoms with Crippen LogP contribution in [0.15, 0.2) is 29.8 Å². The number of hydrogen-bond acceptors (Lipinski definition) is 6. The minimum Gasteiger partial charge on any atom is -0.450 e. The van der Waals surface area contributed by atoms with Crippen molar-refractivity contribution in [2.24, 2.45) is 0 Å². The van der Waals surface area contributed by atoms with Crippen LogP contribution in [-0.4, -0.2) is 40.8 Å². The summed E-state index contributed by atoms with van der Waals surface area (Å²) in [6.07, 6.45) is -1.46. The smallest absolute Gasteiger partial charge is 0.450 e. The van der Waals surface area contributed by atoms with E-state index in [-0.39, 0.29) is 11.9 Å². The molecule has 2 heterocycles. The molecule has 0 bridgehead atoms. The van der Waals surface area contributed by atoms with E-state index >= 15 is 0 Å². The van der Waals surface area contributed by atoms with Crippen LogP contribution in [0.5, 0.6) is 0 Å². The summed E-state index contributed by atoms with van der Waals surface area (Å²) in [6.45, 7) is 4.26. The Morgan fingerprint density at radius 3 is 2.73 bits per heavy atom. The number of nitrogens with one attached hydrogen (secondary N) is 2. The zero-order chi connectivity index (χ0) is 18.7. The molecule has 3 rings (SSSR count). The van der Waals surface area contributed by atoms with Gasteiger partial charge in [0.25, 0.3) is 0 Å². The van der Waals surface area contributed by atoms with Crippen molar-refractivity contribution >= 4 is 23.4 Å². The summed E-state index contributed by atoms with van der Waals surface area (Å²) < 4.78 is 4.71. The minimum atomic E-state index is -1.32. The monoisotopic (exact) mass is 375 g/mol. The predicted molar refractivity (Wildman–Crippen MR) is 98.2 cm³/mol. The number of carbonyl (C=O) groups excluding carboxylic acids is 1. The van der Waals surface area contributed by atoms with E-state index in [1.807, 2.05) is 43.6 Å². The van der Waals surface area contributed by atoms with Gasteiger partial charge in [0, 0.05) is 13.0 Å². The second kappa shape index (κ2) is 7.84. The first-order valence-corrected chi connectivity index (χ1v) is 9.25. The molecule has 3 atom stereocenters. The lowest BCUT2D eigenvalue weighted by atomic mass is 10.0. The van der Waals surface area contributed by atoms with Crippen molar-refractivity contribution < 1.29 is 19.4 Å². The molecule has 3 N–H and O–H groups in total. The Hall–Kier alpha value is -2.45. The summed E-state index contributed by atoms with van der Waals surface area (Å²) in [5.41, 5.74) is 4.95. The number of carbonyl (C=O) groups is 2.